The van der Waals surface area contributed by atoms with Gasteiger partial charge in [0.15, 0.2) is 11.0 Å². The van der Waals surface area contributed by atoms with Crippen LogP contribution in [-0.4, -0.2) is 21.9 Å². The Morgan fingerprint density at radius 2 is 1.91 bits per heavy atom. The van der Waals surface area contributed by atoms with Crippen molar-refractivity contribution in [1.29, 1.82) is 0 Å². The molecule has 0 aliphatic rings. The number of ether oxygens (including phenoxy) is 1. The number of hydrogen-bond acceptors (Lipinski definition) is 6. The maximum atomic E-state index is 12.2. The fourth-order valence-corrected chi connectivity index (χ4v) is 4.85. The van der Waals surface area contributed by atoms with Gasteiger partial charge in [0.1, 0.15) is 11.3 Å². The second-order valence-corrected chi connectivity index (χ2v) is 8.42. The maximum absolute atomic E-state index is 12.2. The molecule has 0 radical (unpaired) electrons. The topological polar surface area (TPSA) is 70.2 Å². The molecule has 3 aromatic carbocycles. The third kappa shape index (κ3) is 4.03. The summed E-state index contributed by atoms with van der Waals surface area (Å²) in [4.78, 5) is 12.2. The number of benzene rings is 3. The number of rotatable bonds is 7. The molecule has 0 unspecified atom stereocenters. The first-order valence-electron chi connectivity index (χ1n) is 10.4. The molecular formula is C26H21N3O3S. The van der Waals surface area contributed by atoms with Gasteiger partial charge in [0.2, 0.25) is 0 Å². The molecule has 5 rings (SSSR count). The van der Waals surface area contributed by atoms with Crippen molar-refractivity contribution in [3.63, 3.8) is 0 Å². The zero-order chi connectivity index (χ0) is 22.8. The summed E-state index contributed by atoms with van der Waals surface area (Å²) in [6, 6.07) is 21.2. The van der Waals surface area contributed by atoms with Crippen molar-refractivity contribution in [3.05, 3.63) is 95.4 Å². The standard InChI is InChI=1S/C26H21N3O3S/c1-3-14-29-25(18-8-11-20(31-2)12-9-18)27-28-26(29)33-16-19-15-23(30)32-22-13-10-17-6-4-5-7-21(17)24(19)22/h3-13,15H,1,14,16H2,2H3. The normalized spacial score (nSPS) is 11.2. The Morgan fingerprint density at radius 1 is 1.09 bits per heavy atom. The number of nitrogens with zero attached hydrogens (tertiary/aromatic N) is 3. The molecule has 0 saturated carbocycles. The van der Waals surface area contributed by atoms with Crippen molar-refractivity contribution in [2.45, 2.75) is 17.5 Å². The lowest BCUT2D eigenvalue weighted by Gasteiger charge is -2.10. The van der Waals surface area contributed by atoms with Crippen molar-refractivity contribution in [3.8, 4) is 17.1 Å². The zero-order valence-corrected chi connectivity index (χ0v) is 18.8. The largest absolute Gasteiger partial charge is 0.497 e. The van der Waals surface area contributed by atoms with E-state index < -0.39 is 0 Å². The number of thioether (sulfide) groups is 1. The van der Waals surface area contributed by atoms with Gasteiger partial charge in [0, 0.05) is 29.3 Å². The van der Waals surface area contributed by atoms with Crippen molar-refractivity contribution in [2.24, 2.45) is 0 Å². The predicted octanol–water partition coefficient (Wildman–Crippen LogP) is 5.69. The van der Waals surface area contributed by atoms with E-state index in [4.69, 9.17) is 9.15 Å². The first-order chi connectivity index (χ1) is 16.2. The van der Waals surface area contributed by atoms with E-state index in [2.05, 4.69) is 22.8 Å². The Morgan fingerprint density at radius 3 is 2.70 bits per heavy atom. The summed E-state index contributed by atoms with van der Waals surface area (Å²) in [5.41, 5.74) is 2.07. The van der Waals surface area contributed by atoms with Gasteiger partial charge >= 0.3 is 5.63 Å². The van der Waals surface area contributed by atoms with Crippen LogP contribution in [0.1, 0.15) is 5.56 Å². The minimum atomic E-state index is -0.361. The van der Waals surface area contributed by atoms with Crippen molar-refractivity contribution in [2.75, 3.05) is 7.11 Å². The van der Waals surface area contributed by atoms with E-state index in [9.17, 15) is 4.79 Å². The Balaban J connectivity index is 1.53. The van der Waals surface area contributed by atoms with Crippen molar-refractivity contribution < 1.29 is 9.15 Å². The molecular weight excluding hydrogens is 434 g/mol. The molecule has 0 aliphatic heterocycles. The Bertz CT molecular complexity index is 1520. The average Bonchev–Trinajstić information content (AvgIpc) is 3.24. The first-order valence-corrected chi connectivity index (χ1v) is 11.4. The molecule has 0 saturated heterocycles. The molecule has 0 spiro atoms. The number of aromatic nitrogens is 3. The molecule has 2 aromatic heterocycles. The van der Waals surface area contributed by atoms with Gasteiger partial charge in [-0.1, -0.05) is 48.2 Å². The molecule has 5 aromatic rings. The summed E-state index contributed by atoms with van der Waals surface area (Å²) in [5, 5.41) is 12.7. The molecule has 0 aliphatic carbocycles. The van der Waals surface area contributed by atoms with Gasteiger partial charge < -0.3 is 9.15 Å². The van der Waals surface area contributed by atoms with E-state index in [0.29, 0.717) is 17.9 Å². The van der Waals surface area contributed by atoms with Crippen LogP contribution in [0.2, 0.25) is 0 Å². The molecule has 164 valence electrons. The van der Waals surface area contributed by atoms with Gasteiger partial charge in [-0.25, -0.2) is 4.79 Å². The Labute approximate surface area is 194 Å². The molecule has 7 heteroatoms. The lowest BCUT2D eigenvalue weighted by Crippen LogP contribution is -2.02. The highest BCUT2D eigenvalue weighted by Crippen LogP contribution is 2.32. The SMILES string of the molecule is C=CCn1c(SCc2cc(=O)oc3ccc4ccccc4c23)nnc1-c1ccc(OC)cc1. The van der Waals surface area contributed by atoms with Gasteiger partial charge in [0.25, 0.3) is 0 Å². The van der Waals surface area contributed by atoms with Crippen LogP contribution in [0.25, 0.3) is 33.1 Å². The lowest BCUT2D eigenvalue weighted by atomic mass is 10.0. The second kappa shape index (κ2) is 8.96. The third-order valence-electron chi connectivity index (χ3n) is 5.45. The van der Waals surface area contributed by atoms with Gasteiger partial charge in [-0.15, -0.1) is 16.8 Å². The minimum absolute atomic E-state index is 0.361. The zero-order valence-electron chi connectivity index (χ0n) is 18.0. The molecule has 0 N–H and O–H groups in total. The third-order valence-corrected chi connectivity index (χ3v) is 6.46. The summed E-state index contributed by atoms with van der Waals surface area (Å²) in [5.74, 6) is 2.08. The highest BCUT2D eigenvalue weighted by Gasteiger charge is 2.16. The number of hydrogen-bond donors (Lipinski definition) is 0. The van der Waals surface area contributed by atoms with E-state index in [0.717, 1.165) is 44.0 Å². The summed E-state index contributed by atoms with van der Waals surface area (Å²) >= 11 is 1.53. The lowest BCUT2D eigenvalue weighted by molar-refractivity contribution is 0.415. The maximum Gasteiger partial charge on any atom is 0.336 e. The Kier molecular flexibility index (Phi) is 5.71. The van der Waals surface area contributed by atoms with Crippen LogP contribution >= 0.6 is 11.8 Å². The van der Waals surface area contributed by atoms with Gasteiger partial charge in [-0.3, -0.25) is 4.57 Å². The number of methoxy groups -OCH3 is 1. The van der Waals surface area contributed by atoms with Gasteiger partial charge in [0.05, 0.1) is 7.11 Å². The monoisotopic (exact) mass is 455 g/mol. The summed E-state index contributed by atoms with van der Waals surface area (Å²) < 4.78 is 12.8. The minimum Gasteiger partial charge on any atom is -0.497 e. The van der Waals surface area contributed by atoms with E-state index in [1.165, 1.54) is 11.8 Å². The number of fused-ring (bicyclic) bond motifs is 3. The highest BCUT2D eigenvalue weighted by atomic mass is 32.2. The van der Waals surface area contributed by atoms with E-state index >= 15 is 0 Å². The highest BCUT2D eigenvalue weighted by molar-refractivity contribution is 7.98. The van der Waals surface area contributed by atoms with Crippen LogP contribution < -0.4 is 10.4 Å². The number of allylic oxidation sites excluding steroid dienone is 1. The smallest absolute Gasteiger partial charge is 0.336 e. The van der Waals surface area contributed by atoms with E-state index in [1.54, 1.807) is 13.2 Å². The summed E-state index contributed by atoms with van der Waals surface area (Å²) in [6.45, 7) is 4.45. The van der Waals surface area contributed by atoms with E-state index in [-0.39, 0.29) is 5.63 Å². The average molecular weight is 456 g/mol. The molecule has 0 atom stereocenters. The summed E-state index contributed by atoms with van der Waals surface area (Å²) in [6.07, 6.45) is 1.82. The van der Waals surface area contributed by atoms with Crippen LogP contribution in [0.5, 0.6) is 5.75 Å². The van der Waals surface area contributed by atoms with Crippen LogP contribution in [0.15, 0.2) is 93.8 Å². The van der Waals surface area contributed by atoms with E-state index in [1.807, 2.05) is 65.2 Å². The van der Waals surface area contributed by atoms with Gasteiger partial charge in [-0.2, -0.15) is 0 Å². The van der Waals surface area contributed by atoms with Crippen LogP contribution in [0.4, 0.5) is 0 Å². The first kappa shape index (κ1) is 21.0. The summed E-state index contributed by atoms with van der Waals surface area (Å²) in [7, 11) is 1.64. The molecule has 33 heavy (non-hydrogen) atoms. The molecule has 2 heterocycles. The quantitative estimate of drug-likeness (QED) is 0.136. The molecule has 0 fully saturated rings. The van der Waals surface area contributed by atoms with Crippen LogP contribution in [-0.2, 0) is 12.3 Å². The van der Waals surface area contributed by atoms with Crippen LogP contribution in [0, 0.1) is 0 Å². The molecule has 6 nitrogen and oxygen atoms in total. The fraction of sp³-hybridized carbons (Fsp3) is 0.115. The van der Waals surface area contributed by atoms with Crippen LogP contribution in [0.3, 0.4) is 0 Å². The Hall–Kier alpha value is -3.84. The van der Waals surface area contributed by atoms with Crippen molar-refractivity contribution in [1.82, 2.24) is 14.8 Å². The second-order valence-electron chi connectivity index (χ2n) is 7.47. The van der Waals surface area contributed by atoms with Gasteiger partial charge in [-0.05, 0) is 46.7 Å². The predicted molar refractivity (Wildman–Crippen MR) is 132 cm³/mol. The fourth-order valence-electron chi connectivity index (χ4n) is 3.92. The van der Waals surface area contributed by atoms with Crippen molar-refractivity contribution >= 4 is 33.5 Å². The molecule has 0 bridgehead atoms. The molecule has 0 amide bonds.